The lowest BCUT2D eigenvalue weighted by molar-refractivity contribution is -0.384. The standard InChI is InChI=1S/C13H13N3O5/c1-2-9-6-15-12(21-9)7-14-10-5-8(13(17)18)3-4-11(10)16(19)20/h3-6,14H,2,7H2,1H3,(H,17,18). The molecule has 0 aliphatic heterocycles. The Bertz CT molecular complexity index is 680. The molecular weight excluding hydrogens is 278 g/mol. The van der Waals surface area contributed by atoms with E-state index < -0.39 is 10.9 Å². The van der Waals surface area contributed by atoms with Crippen molar-refractivity contribution in [2.45, 2.75) is 19.9 Å². The molecule has 1 aromatic heterocycles. The van der Waals surface area contributed by atoms with Crippen LogP contribution in [-0.2, 0) is 13.0 Å². The van der Waals surface area contributed by atoms with Gasteiger partial charge >= 0.3 is 5.97 Å². The fourth-order valence-corrected chi connectivity index (χ4v) is 1.73. The molecule has 0 amide bonds. The molecule has 0 radical (unpaired) electrons. The lowest BCUT2D eigenvalue weighted by Crippen LogP contribution is -2.05. The van der Waals surface area contributed by atoms with Gasteiger partial charge in [0.05, 0.1) is 23.2 Å². The molecule has 1 heterocycles. The number of rotatable bonds is 6. The summed E-state index contributed by atoms with van der Waals surface area (Å²) in [7, 11) is 0. The zero-order valence-electron chi connectivity index (χ0n) is 11.2. The molecule has 110 valence electrons. The molecule has 2 rings (SSSR count). The van der Waals surface area contributed by atoms with Crippen LogP contribution in [0, 0.1) is 10.1 Å². The number of nitro benzene ring substituents is 1. The van der Waals surface area contributed by atoms with Gasteiger partial charge in [-0.05, 0) is 12.1 Å². The van der Waals surface area contributed by atoms with E-state index in [1.165, 1.54) is 12.1 Å². The SMILES string of the molecule is CCc1cnc(CNc2cc(C(=O)O)ccc2[N+](=O)[O-])o1. The minimum atomic E-state index is -1.16. The number of aromatic nitrogens is 1. The molecule has 8 heteroatoms. The van der Waals surface area contributed by atoms with Crippen molar-refractivity contribution in [3.8, 4) is 0 Å². The van der Waals surface area contributed by atoms with Crippen molar-refractivity contribution in [3.63, 3.8) is 0 Å². The van der Waals surface area contributed by atoms with E-state index >= 15 is 0 Å². The molecule has 8 nitrogen and oxygen atoms in total. The second-order valence-electron chi connectivity index (χ2n) is 4.22. The summed E-state index contributed by atoms with van der Waals surface area (Å²) in [5, 5.41) is 22.7. The van der Waals surface area contributed by atoms with Gasteiger partial charge in [-0.1, -0.05) is 6.92 Å². The van der Waals surface area contributed by atoms with Crippen LogP contribution in [0.5, 0.6) is 0 Å². The maximum Gasteiger partial charge on any atom is 0.335 e. The van der Waals surface area contributed by atoms with E-state index in [2.05, 4.69) is 10.3 Å². The summed E-state index contributed by atoms with van der Waals surface area (Å²) in [6, 6.07) is 3.55. The first-order valence-electron chi connectivity index (χ1n) is 6.20. The molecule has 0 atom stereocenters. The van der Waals surface area contributed by atoms with Gasteiger partial charge in [-0.25, -0.2) is 9.78 Å². The van der Waals surface area contributed by atoms with Crippen molar-refractivity contribution < 1.29 is 19.2 Å². The smallest absolute Gasteiger partial charge is 0.335 e. The van der Waals surface area contributed by atoms with Crippen LogP contribution in [-0.4, -0.2) is 21.0 Å². The summed E-state index contributed by atoms with van der Waals surface area (Å²) in [5.74, 6) is -0.0696. The van der Waals surface area contributed by atoms with Crippen LogP contribution in [0.25, 0.3) is 0 Å². The average Bonchev–Trinajstić information content (AvgIpc) is 2.92. The molecule has 0 unspecified atom stereocenters. The second kappa shape index (κ2) is 6.04. The molecule has 2 aromatic rings. The predicted molar refractivity (Wildman–Crippen MR) is 73.3 cm³/mol. The fourth-order valence-electron chi connectivity index (χ4n) is 1.73. The summed E-state index contributed by atoms with van der Waals surface area (Å²) in [6.45, 7) is 2.04. The van der Waals surface area contributed by atoms with E-state index in [0.29, 0.717) is 18.1 Å². The van der Waals surface area contributed by atoms with E-state index in [1.807, 2.05) is 6.92 Å². The van der Waals surface area contributed by atoms with Gasteiger partial charge in [0.25, 0.3) is 5.69 Å². The summed E-state index contributed by atoms with van der Waals surface area (Å²) in [6.07, 6.45) is 2.28. The predicted octanol–water partition coefficient (Wildman–Crippen LogP) is 2.46. The number of aromatic carboxylic acids is 1. The molecule has 0 saturated carbocycles. The van der Waals surface area contributed by atoms with Crippen LogP contribution < -0.4 is 5.32 Å². The van der Waals surface area contributed by atoms with Gasteiger partial charge < -0.3 is 14.8 Å². The Morgan fingerprint density at radius 3 is 2.86 bits per heavy atom. The first-order chi connectivity index (χ1) is 10.0. The van der Waals surface area contributed by atoms with Crippen molar-refractivity contribution >= 4 is 17.3 Å². The van der Waals surface area contributed by atoms with Gasteiger partial charge in [0.15, 0.2) is 0 Å². The number of hydrogen-bond donors (Lipinski definition) is 2. The molecule has 2 N–H and O–H groups in total. The average molecular weight is 291 g/mol. The van der Waals surface area contributed by atoms with Crippen molar-refractivity contribution in [2.24, 2.45) is 0 Å². The minimum absolute atomic E-state index is 0.0373. The molecule has 1 aromatic carbocycles. The van der Waals surface area contributed by atoms with Gasteiger partial charge in [-0.3, -0.25) is 10.1 Å². The molecular formula is C13H13N3O5. The third-order valence-corrected chi connectivity index (χ3v) is 2.82. The lowest BCUT2D eigenvalue weighted by atomic mass is 10.1. The molecule has 0 saturated heterocycles. The summed E-state index contributed by atoms with van der Waals surface area (Å²) in [4.78, 5) is 25.3. The molecule has 0 bridgehead atoms. The van der Waals surface area contributed by atoms with Crippen LogP contribution >= 0.6 is 0 Å². The zero-order chi connectivity index (χ0) is 15.4. The van der Waals surface area contributed by atoms with Gasteiger partial charge in [0.2, 0.25) is 5.89 Å². The maximum atomic E-state index is 10.9. The van der Waals surface area contributed by atoms with Gasteiger partial charge in [-0.2, -0.15) is 0 Å². The molecule has 0 spiro atoms. The summed E-state index contributed by atoms with van der Waals surface area (Å²) in [5.41, 5.74) is -0.136. The van der Waals surface area contributed by atoms with Gasteiger partial charge in [0, 0.05) is 12.5 Å². The van der Waals surface area contributed by atoms with E-state index in [4.69, 9.17) is 9.52 Å². The van der Waals surface area contributed by atoms with Crippen LogP contribution in [0.1, 0.15) is 28.9 Å². The van der Waals surface area contributed by atoms with Crippen molar-refractivity contribution in [3.05, 3.63) is 51.7 Å². The summed E-state index contributed by atoms with van der Waals surface area (Å²) < 4.78 is 5.37. The quantitative estimate of drug-likeness (QED) is 0.619. The van der Waals surface area contributed by atoms with E-state index in [9.17, 15) is 14.9 Å². The highest BCUT2D eigenvalue weighted by atomic mass is 16.6. The van der Waals surface area contributed by atoms with E-state index in [0.717, 1.165) is 6.07 Å². The third kappa shape index (κ3) is 3.35. The van der Waals surface area contributed by atoms with Crippen LogP contribution in [0.4, 0.5) is 11.4 Å². The highest BCUT2D eigenvalue weighted by molar-refractivity contribution is 5.90. The Labute approximate surface area is 119 Å². The first-order valence-corrected chi connectivity index (χ1v) is 6.20. The summed E-state index contributed by atoms with van der Waals surface area (Å²) >= 11 is 0. The first kappa shape index (κ1) is 14.5. The van der Waals surface area contributed by atoms with Crippen LogP contribution in [0.3, 0.4) is 0 Å². The highest BCUT2D eigenvalue weighted by Crippen LogP contribution is 2.26. The molecule has 21 heavy (non-hydrogen) atoms. The third-order valence-electron chi connectivity index (χ3n) is 2.82. The Hall–Kier alpha value is -2.90. The van der Waals surface area contributed by atoms with Crippen LogP contribution in [0.15, 0.2) is 28.8 Å². The highest BCUT2D eigenvalue weighted by Gasteiger charge is 2.17. The van der Waals surface area contributed by atoms with Crippen molar-refractivity contribution in [1.29, 1.82) is 0 Å². The van der Waals surface area contributed by atoms with Crippen LogP contribution in [0.2, 0.25) is 0 Å². The number of oxazole rings is 1. The number of anilines is 1. The number of carboxylic acids is 1. The topological polar surface area (TPSA) is 119 Å². The number of carbonyl (C=O) groups is 1. The number of aryl methyl sites for hydroxylation is 1. The molecule has 0 fully saturated rings. The maximum absolute atomic E-state index is 10.9. The van der Waals surface area contributed by atoms with E-state index in [1.54, 1.807) is 6.20 Å². The Morgan fingerprint density at radius 2 is 2.29 bits per heavy atom. The molecule has 0 aliphatic rings. The largest absolute Gasteiger partial charge is 0.478 e. The Balaban J connectivity index is 2.22. The van der Waals surface area contributed by atoms with E-state index in [-0.39, 0.29) is 23.5 Å². The lowest BCUT2D eigenvalue weighted by Gasteiger charge is -2.06. The number of nitrogens with zero attached hydrogens (tertiary/aromatic N) is 2. The number of nitrogens with one attached hydrogen (secondary N) is 1. The van der Waals surface area contributed by atoms with Crippen molar-refractivity contribution in [1.82, 2.24) is 4.98 Å². The number of nitro groups is 1. The zero-order valence-corrected chi connectivity index (χ0v) is 11.2. The number of carboxylic acid groups (broad SMARTS) is 1. The van der Waals surface area contributed by atoms with Gasteiger partial charge in [-0.15, -0.1) is 0 Å². The Kier molecular flexibility index (Phi) is 4.17. The normalized spacial score (nSPS) is 10.3. The minimum Gasteiger partial charge on any atom is -0.478 e. The number of benzene rings is 1. The number of hydrogen-bond acceptors (Lipinski definition) is 6. The second-order valence-corrected chi connectivity index (χ2v) is 4.22. The Morgan fingerprint density at radius 1 is 1.52 bits per heavy atom. The molecule has 0 aliphatic carbocycles. The van der Waals surface area contributed by atoms with Crippen molar-refractivity contribution in [2.75, 3.05) is 5.32 Å². The fraction of sp³-hybridized carbons (Fsp3) is 0.231. The van der Waals surface area contributed by atoms with Gasteiger partial charge in [0.1, 0.15) is 11.4 Å². The monoisotopic (exact) mass is 291 g/mol.